The lowest BCUT2D eigenvalue weighted by atomic mass is 10.2. The van der Waals surface area contributed by atoms with Crippen molar-refractivity contribution >= 4 is 28.3 Å². The minimum Gasteiger partial charge on any atom is -0.497 e. The molecule has 1 aromatic heterocycles. The molecule has 2 aromatic rings. The summed E-state index contributed by atoms with van der Waals surface area (Å²) in [6, 6.07) is 4.89. The zero-order valence-corrected chi connectivity index (χ0v) is 18.3. The highest BCUT2D eigenvalue weighted by atomic mass is 32.1. The van der Waals surface area contributed by atoms with E-state index in [0.717, 1.165) is 0 Å². The van der Waals surface area contributed by atoms with Crippen LogP contribution in [-0.2, 0) is 20.7 Å². The van der Waals surface area contributed by atoms with Crippen molar-refractivity contribution in [2.24, 2.45) is 0 Å². The van der Waals surface area contributed by atoms with Gasteiger partial charge < -0.3 is 24.3 Å². The van der Waals surface area contributed by atoms with Crippen molar-refractivity contribution in [1.82, 2.24) is 10.3 Å². The molecule has 0 unspecified atom stereocenters. The van der Waals surface area contributed by atoms with Crippen LogP contribution in [0, 0.1) is 0 Å². The number of aromatic nitrogens is 1. The predicted molar refractivity (Wildman–Crippen MR) is 113 cm³/mol. The average molecular weight is 438 g/mol. The van der Waals surface area contributed by atoms with Crippen molar-refractivity contribution in [3.8, 4) is 11.5 Å². The number of methoxy groups -OCH3 is 2. The average Bonchev–Trinajstić information content (AvgIpc) is 3.18. The highest BCUT2D eigenvalue weighted by Crippen LogP contribution is 2.24. The maximum absolute atomic E-state index is 12.5. The van der Waals surface area contributed by atoms with Gasteiger partial charge in [0.05, 0.1) is 32.9 Å². The lowest BCUT2D eigenvalue weighted by molar-refractivity contribution is -0.140. The fraction of sp³-hybridized carbons (Fsp3) is 0.450. The fourth-order valence-electron chi connectivity index (χ4n) is 2.52. The Morgan fingerprint density at radius 3 is 2.27 bits per heavy atom. The number of rotatable bonds is 12. The second-order valence-electron chi connectivity index (χ2n) is 6.02. The summed E-state index contributed by atoms with van der Waals surface area (Å²) in [5, 5.41) is 7.61. The van der Waals surface area contributed by atoms with Crippen LogP contribution in [0.25, 0.3) is 0 Å². The second kappa shape index (κ2) is 12.1. The van der Waals surface area contributed by atoms with Gasteiger partial charge in [-0.05, 0) is 26.0 Å². The van der Waals surface area contributed by atoms with E-state index in [1.807, 2.05) is 13.8 Å². The van der Waals surface area contributed by atoms with E-state index in [-0.39, 0.29) is 24.8 Å². The maximum Gasteiger partial charge on any atom is 0.257 e. The summed E-state index contributed by atoms with van der Waals surface area (Å²) in [4.78, 5) is 29.0. The van der Waals surface area contributed by atoms with Crippen LogP contribution in [-0.4, -0.2) is 57.1 Å². The quantitative estimate of drug-likeness (QED) is 0.491. The predicted octanol–water partition coefficient (Wildman–Crippen LogP) is 2.47. The van der Waals surface area contributed by atoms with E-state index in [2.05, 4.69) is 15.6 Å². The maximum atomic E-state index is 12.5. The number of ether oxygens (including phenoxy) is 4. The zero-order valence-electron chi connectivity index (χ0n) is 17.5. The van der Waals surface area contributed by atoms with Crippen molar-refractivity contribution in [3.63, 3.8) is 0 Å². The zero-order chi connectivity index (χ0) is 21.9. The Morgan fingerprint density at radius 2 is 1.70 bits per heavy atom. The molecule has 2 amide bonds. The normalized spacial score (nSPS) is 10.7. The number of hydrogen-bond donors (Lipinski definition) is 2. The molecule has 0 bridgehead atoms. The minimum absolute atomic E-state index is 0.0876. The van der Waals surface area contributed by atoms with Gasteiger partial charge in [-0.2, -0.15) is 0 Å². The lowest BCUT2D eigenvalue weighted by Crippen LogP contribution is -2.36. The van der Waals surface area contributed by atoms with E-state index < -0.39 is 6.29 Å². The molecule has 2 rings (SSSR count). The number of anilines is 1. The first-order valence-corrected chi connectivity index (χ1v) is 10.4. The van der Waals surface area contributed by atoms with Gasteiger partial charge in [-0.3, -0.25) is 14.9 Å². The van der Waals surface area contributed by atoms with Crippen LogP contribution in [0.15, 0.2) is 23.6 Å². The van der Waals surface area contributed by atoms with E-state index in [9.17, 15) is 9.59 Å². The topological polar surface area (TPSA) is 108 Å². The van der Waals surface area contributed by atoms with Gasteiger partial charge >= 0.3 is 0 Å². The molecule has 9 nitrogen and oxygen atoms in total. The van der Waals surface area contributed by atoms with Crippen LogP contribution in [0.5, 0.6) is 11.5 Å². The first kappa shape index (κ1) is 23.6. The number of benzene rings is 1. The fourth-order valence-corrected chi connectivity index (χ4v) is 3.22. The third-order valence-corrected chi connectivity index (χ3v) is 4.71. The summed E-state index contributed by atoms with van der Waals surface area (Å²) in [5.41, 5.74) is 0.930. The van der Waals surface area contributed by atoms with Crippen molar-refractivity contribution < 1.29 is 28.5 Å². The molecule has 0 saturated carbocycles. The van der Waals surface area contributed by atoms with Crippen molar-refractivity contribution in [2.45, 2.75) is 26.6 Å². The van der Waals surface area contributed by atoms with Crippen LogP contribution in [0.2, 0.25) is 0 Å². The van der Waals surface area contributed by atoms with Crippen LogP contribution < -0.4 is 20.1 Å². The molecule has 0 radical (unpaired) electrons. The van der Waals surface area contributed by atoms with Crippen LogP contribution in [0.1, 0.15) is 29.9 Å². The molecule has 0 spiro atoms. The first-order chi connectivity index (χ1) is 14.5. The molecule has 164 valence electrons. The van der Waals surface area contributed by atoms with Crippen molar-refractivity contribution in [2.75, 3.05) is 39.3 Å². The van der Waals surface area contributed by atoms with E-state index in [0.29, 0.717) is 41.1 Å². The van der Waals surface area contributed by atoms with Gasteiger partial charge in [0, 0.05) is 30.2 Å². The smallest absolute Gasteiger partial charge is 0.257 e. The molecule has 0 saturated heterocycles. The van der Waals surface area contributed by atoms with Crippen LogP contribution in [0.3, 0.4) is 0 Å². The minimum atomic E-state index is -0.478. The molecular formula is C20H27N3O6S. The highest BCUT2D eigenvalue weighted by molar-refractivity contribution is 7.14. The van der Waals surface area contributed by atoms with Crippen molar-refractivity contribution in [1.29, 1.82) is 0 Å². The third-order valence-electron chi connectivity index (χ3n) is 3.90. The molecule has 30 heavy (non-hydrogen) atoms. The summed E-state index contributed by atoms with van der Waals surface area (Å²) in [7, 11) is 3.03. The summed E-state index contributed by atoms with van der Waals surface area (Å²) in [6.45, 7) is 4.97. The summed E-state index contributed by atoms with van der Waals surface area (Å²) in [5.74, 6) is 0.454. The largest absolute Gasteiger partial charge is 0.497 e. The lowest BCUT2D eigenvalue weighted by Gasteiger charge is -2.17. The standard InChI is InChI=1S/C20H27N3O6S/c1-5-28-18(29-6-2)11-21-17(24)9-14-12-30-20(22-14)23-19(25)13-7-15(26-3)10-16(8-13)27-4/h7-8,10,12,18H,5-6,9,11H2,1-4H3,(H,21,24)(H,22,23,25). The van der Waals surface area contributed by atoms with E-state index in [1.54, 1.807) is 23.6 Å². The highest BCUT2D eigenvalue weighted by Gasteiger charge is 2.15. The summed E-state index contributed by atoms with van der Waals surface area (Å²) >= 11 is 1.24. The Labute approximate surface area is 179 Å². The SMILES string of the molecule is CCOC(CNC(=O)Cc1csc(NC(=O)c2cc(OC)cc(OC)c2)n1)OCC. The number of hydrogen-bond acceptors (Lipinski definition) is 8. The number of thiazole rings is 1. The van der Waals surface area contributed by atoms with Gasteiger partial charge in [-0.15, -0.1) is 11.3 Å². The molecule has 1 heterocycles. The van der Waals surface area contributed by atoms with Gasteiger partial charge in [-0.25, -0.2) is 4.98 Å². The van der Waals surface area contributed by atoms with Crippen molar-refractivity contribution in [3.05, 3.63) is 34.8 Å². The van der Waals surface area contributed by atoms with E-state index in [4.69, 9.17) is 18.9 Å². The number of amides is 2. The number of carbonyl (C=O) groups is 2. The van der Waals surface area contributed by atoms with Gasteiger partial charge in [0.2, 0.25) is 5.91 Å². The van der Waals surface area contributed by atoms with Gasteiger partial charge in [0.25, 0.3) is 5.91 Å². The molecular weight excluding hydrogens is 410 g/mol. The Bertz CT molecular complexity index is 813. The number of nitrogens with zero attached hydrogens (tertiary/aromatic N) is 1. The second-order valence-corrected chi connectivity index (χ2v) is 6.88. The summed E-state index contributed by atoms with van der Waals surface area (Å²) < 4.78 is 21.1. The Morgan fingerprint density at radius 1 is 1.07 bits per heavy atom. The van der Waals surface area contributed by atoms with Gasteiger partial charge in [-0.1, -0.05) is 0 Å². The van der Waals surface area contributed by atoms with E-state index >= 15 is 0 Å². The monoisotopic (exact) mass is 437 g/mol. The molecule has 0 aliphatic rings. The Kier molecular flexibility index (Phi) is 9.52. The third kappa shape index (κ3) is 7.29. The number of nitrogens with one attached hydrogen (secondary N) is 2. The van der Waals surface area contributed by atoms with E-state index in [1.165, 1.54) is 25.6 Å². The Hall–Kier alpha value is -2.69. The molecule has 0 aliphatic carbocycles. The molecule has 10 heteroatoms. The van der Waals surface area contributed by atoms with Gasteiger partial charge in [0.1, 0.15) is 11.5 Å². The summed E-state index contributed by atoms with van der Waals surface area (Å²) in [6.07, 6.45) is -0.390. The molecule has 0 aliphatic heterocycles. The first-order valence-electron chi connectivity index (χ1n) is 9.47. The molecule has 0 atom stereocenters. The molecule has 1 aromatic carbocycles. The van der Waals surface area contributed by atoms with Crippen LogP contribution in [0.4, 0.5) is 5.13 Å². The molecule has 2 N–H and O–H groups in total. The van der Waals surface area contributed by atoms with Gasteiger partial charge in [0.15, 0.2) is 11.4 Å². The van der Waals surface area contributed by atoms with Crippen LogP contribution >= 0.6 is 11.3 Å². The Balaban J connectivity index is 1.92. The number of carbonyl (C=O) groups excluding carboxylic acids is 2. The molecule has 0 fully saturated rings.